The third-order valence-corrected chi connectivity index (χ3v) is 4.36. The molecule has 1 aromatic carbocycles. The van der Waals surface area contributed by atoms with E-state index in [0.717, 1.165) is 23.4 Å². The molecule has 122 valence electrons. The Morgan fingerprint density at radius 3 is 2.22 bits per heavy atom. The molecule has 0 aromatic heterocycles. The number of carbonyl (C=O) groups excluding carboxylic acids is 1. The van der Waals surface area contributed by atoms with Crippen molar-refractivity contribution in [3.63, 3.8) is 0 Å². The summed E-state index contributed by atoms with van der Waals surface area (Å²) >= 11 is 0. The molecule has 1 saturated carbocycles. The van der Waals surface area contributed by atoms with E-state index in [4.69, 9.17) is 5.11 Å². The van der Waals surface area contributed by atoms with Crippen molar-refractivity contribution < 1.29 is 24.6 Å². The number of carboxylic acids is 1. The van der Waals surface area contributed by atoms with Crippen LogP contribution in [0.3, 0.4) is 0 Å². The molecule has 2 fully saturated rings. The Kier molecular flexibility index (Phi) is 3.94. The summed E-state index contributed by atoms with van der Waals surface area (Å²) in [6.45, 7) is -0.0683. The van der Waals surface area contributed by atoms with E-state index in [9.17, 15) is 19.5 Å². The summed E-state index contributed by atoms with van der Waals surface area (Å²) in [6, 6.07) is 8.21. The molecule has 0 spiro atoms. The van der Waals surface area contributed by atoms with Crippen molar-refractivity contribution in [3.05, 3.63) is 30.3 Å². The molecule has 23 heavy (non-hydrogen) atoms. The maximum Gasteiger partial charge on any atom is 0.408 e. The molecule has 3 rings (SSSR count). The van der Waals surface area contributed by atoms with Crippen LogP contribution >= 0.6 is 0 Å². The first kappa shape index (κ1) is 15.3. The van der Waals surface area contributed by atoms with Crippen LogP contribution < -0.4 is 4.90 Å². The van der Waals surface area contributed by atoms with Crippen LogP contribution in [-0.2, 0) is 9.59 Å². The maximum atomic E-state index is 12.9. The molecule has 1 aliphatic carbocycles. The van der Waals surface area contributed by atoms with Crippen LogP contribution in [-0.4, -0.2) is 51.7 Å². The number of anilines is 1. The number of nitrogens with zero attached hydrogens (tertiary/aromatic N) is 2. The lowest BCUT2D eigenvalue weighted by Crippen LogP contribution is -2.40. The molecule has 2 atom stereocenters. The summed E-state index contributed by atoms with van der Waals surface area (Å²) in [5.74, 6) is -2.01. The second-order valence-corrected chi connectivity index (χ2v) is 6.00. The van der Waals surface area contributed by atoms with Crippen molar-refractivity contribution in [1.82, 2.24) is 4.90 Å². The van der Waals surface area contributed by atoms with Crippen molar-refractivity contribution in [2.75, 3.05) is 11.4 Å². The van der Waals surface area contributed by atoms with Crippen LogP contribution in [0.4, 0.5) is 10.5 Å². The normalized spacial score (nSPS) is 23.6. The van der Waals surface area contributed by atoms with Gasteiger partial charge in [0.05, 0.1) is 5.92 Å². The number of likely N-dealkylation sites (tertiary alicyclic amines) is 1. The lowest BCUT2D eigenvalue weighted by atomic mass is 10.0. The lowest BCUT2D eigenvalue weighted by Gasteiger charge is -2.25. The molecule has 2 unspecified atom stereocenters. The van der Waals surface area contributed by atoms with Crippen LogP contribution in [0.5, 0.6) is 0 Å². The van der Waals surface area contributed by atoms with E-state index >= 15 is 0 Å². The van der Waals surface area contributed by atoms with Gasteiger partial charge in [-0.1, -0.05) is 18.2 Å². The van der Waals surface area contributed by atoms with Crippen LogP contribution in [0.2, 0.25) is 0 Å². The predicted molar refractivity (Wildman–Crippen MR) is 81.2 cm³/mol. The average molecular weight is 318 g/mol. The molecule has 1 heterocycles. The third-order valence-electron chi connectivity index (χ3n) is 4.36. The zero-order valence-corrected chi connectivity index (χ0v) is 12.5. The molecule has 1 saturated heterocycles. The van der Waals surface area contributed by atoms with Crippen molar-refractivity contribution in [2.24, 2.45) is 5.92 Å². The Morgan fingerprint density at radius 2 is 1.74 bits per heavy atom. The van der Waals surface area contributed by atoms with Crippen molar-refractivity contribution >= 4 is 23.7 Å². The van der Waals surface area contributed by atoms with E-state index in [-0.39, 0.29) is 24.9 Å². The fourth-order valence-electron chi connectivity index (χ4n) is 3.10. The van der Waals surface area contributed by atoms with Crippen LogP contribution in [0.25, 0.3) is 0 Å². The van der Waals surface area contributed by atoms with Gasteiger partial charge in [0.2, 0.25) is 5.91 Å². The van der Waals surface area contributed by atoms with E-state index in [1.165, 1.54) is 0 Å². The molecule has 0 bridgehead atoms. The number of carbonyl (C=O) groups is 3. The number of carboxylic acid groups (broad SMARTS) is 2. The standard InChI is InChI=1S/C16H18N2O5/c19-14(10-8-13(15(20)21)17(9-10)16(22)23)18(12-6-7-12)11-4-2-1-3-5-11/h1-5,10,12-13H,6-9H2,(H,20,21)(H,22,23). The second-order valence-electron chi connectivity index (χ2n) is 6.00. The van der Waals surface area contributed by atoms with E-state index in [1.807, 2.05) is 30.3 Å². The van der Waals surface area contributed by atoms with Crippen molar-refractivity contribution in [1.29, 1.82) is 0 Å². The minimum absolute atomic E-state index is 0.0243. The Morgan fingerprint density at radius 1 is 1.09 bits per heavy atom. The largest absolute Gasteiger partial charge is 0.480 e. The van der Waals surface area contributed by atoms with Gasteiger partial charge in [0.15, 0.2) is 0 Å². The van der Waals surface area contributed by atoms with Gasteiger partial charge in [-0.25, -0.2) is 9.59 Å². The molecule has 2 N–H and O–H groups in total. The van der Waals surface area contributed by atoms with Gasteiger partial charge in [-0.15, -0.1) is 0 Å². The number of hydrogen-bond donors (Lipinski definition) is 2. The minimum atomic E-state index is -1.30. The summed E-state index contributed by atoms with van der Waals surface area (Å²) in [7, 11) is 0. The summed E-state index contributed by atoms with van der Waals surface area (Å²) in [4.78, 5) is 37.9. The number of rotatable bonds is 4. The maximum absolute atomic E-state index is 12.9. The van der Waals surface area contributed by atoms with Crippen LogP contribution in [0, 0.1) is 5.92 Å². The summed E-state index contributed by atoms with van der Waals surface area (Å²) in [6.07, 6.45) is 0.554. The van der Waals surface area contributed by atoms with Gasteiger partial charge >= 0.3 is 12.1 Å². The smallest absolute Gasteiger partial charge is 0.408 e. The molecular weight excluding hydrogens is 300 g/mol. The summed E-state index contributed by atoms with van der Waals surface area (Å²) in [5.41, 5.74) is 0.778. The number of para-hydroxylation sites is 1. The van der Waals surface area contributed by atoms with Gasteiger partial charge in [0.1, 0.15) is 6.04 Å². The molecule has 0 radical (unpaired) electrons. The Hall–Kier alpha value is -2.57. The van der Waals surface area contributed by atoms with Gasteiger partial charge in [-0.3, -0.25) is 9.69 Å². The van der Waals surface area contributed by atoms with Gasteiger partial charge in [0, 0.05) is 18.3 Å². The fourth-order valence-corrected chi connectivity index (χ4v) is 3.10. The molecule has 2 amide bonds. The Balaban J connectivity index is 1.81. The minimum Gasteiger partial charge on any atom is -0.480 e. The third kappa shape index (κ3) is 2.99. The van der Waals surface area contributed by atoms with Gasteiger partial charge < -0.3 is 15.1 Å². The molecule has 2 aliphatic rings. The van der Waals surface area contributed by atoms with Crippen LogP contribution in [0.15, 0.2) is 30.3 Å². The zero-order chi connectivity index (χ0) is 16.6. The quantitative estimate of drug-likeness (QED) is 0.879. The van der Waals surface area contributed by atoms with Crippen molar-refractivity contribution in [2.45, 2.75) is 31.3 Å². The van der Waals surface area contributed by atoms with Gasteiger partial charge in [0.25, 0.3) is 0 Å². The lowest BCUT2D eigenvalue weighted by molar-refractivity contribution is -0.141. The van der Waals surface area contributed by atoms with Crippen LogP contribution in [0.1, 0.15) is 19.3 Å². The molecular formula is C16H18N2O5. The monoisotopic (exact) mass is 318 g/mol. The molecule has 7 heteroatoms. The highest BCUT2D eigenvalue weighted by Crippen LogP contribution is 2.35. The Labute approximate surface area is 133 Å². The topological polar surface area (TPSA) is 98.2 Å². The van der Waals surface area contributed by atoms with E-state index in [0.29, 0.717) is 0 Å². The van der Waals surface area contributed by atoms with Gasteiger partial charge in [-0.05, 0) is 31.4 Å². The molecule has 1 aliphatic heterocycles. The van der Waals surface area contributed by atoms with Gasteiger partial charge in [-0.2, -0.15) is 0 Å². The van der Waals surface area contributed by atoms with E-state index in [2.05, 4.69) is 0 Å². The number of amides is 2. The summed E-state index contributed by atoms with van der Waals surface area (Å²) < 4.78 is 0. The number of aliphatic carboxylic acids is 1. The Bertz CT molecular complexity index is 607. The first-order valence-corrected chi connectivity index (χ1v) is 7.59. The second kappa shape index (κ2) is 5.91. The molecule has 7 nitrogen and oxygen atoms in total. The first-order chi connectivity index (χ1) is 11.0. The zero-order valence-electron chi connectivity index (χ0n) is 12.5. The highest BCUT2D eigenvalue weighted by Gasteiger charge is 2.46. The predicted octanol–water partition coefficient (Wildman–Crippen LogP) is 1.64. The fraction of sp³-hybridized carbons (Fsp3) is 0.438. The van der Waals surface area contributed by atoms with E-state index in [1.54, 1.807) is 4.90 Å². The van der Waals surface area contributed by atoms with E-state index < -0.39 is 24.0 Å². The average Bonchev–Trinajstić information content (AvgIpc) is 3.24. The highest BCUT2D eigenvalue weighted by molar-refractivity contribution is 5.97. The summed E-state index contributed by atoms with van der Waals surface area (Å²) in [5, 5.41) is 18.3. The number of benzene rings is 1. The number of hydrogen-bond acceptors (Lipinski definition) is 3. The molecule has 1 aromatic rings. The first-order valence-electron chi connectivity index (χ1n) is 7.59. The van der Waals surface area contributed by atoms with Crippen molar-refractivity contribution in [3.8, 4) is 0 Å². The SMILES string of the molecule is O=C(O)C1CC(C(=O)N(c2ccccc2)C2CC2)CN1C(=O)O. The highest BCUT2D eigenvalue weighted by atomic mass is 16.4.